The summed E-state index contributed by atoms with van der Waals surface area (Å²) in [6.45, 7) is 10.1. The van der Waals surface area contributed by atoms with E-state index in [1.54, 1.807) is 6.20 Å². The lowest BCUT2D eigenvalue weighted by molar-refractivity contribution is 0.378. The van der Waals surface area contributed by atoms with E-state index in [0.29, 0.717) is 18.7 Å². The molecule has 1 aromatic heterocycles. The standard InChI is InChI=1S/C13H26N4O2S/c1-5-7-14-9-11-10-15-17-12(11)20(18,19)16-8-6-13(2,3)4/h10,14,16H,5-9H2,1-4H3,(H,15,17). The summed E-state index contributed by atoms with van der Waals surface area (Å²) in [5.74, 6) is 0. The molecule has 1 aromatic rings. The summed E-state index contributed by atoms with van der Waals surface area (Å²) < 4.78 is 27.1. The van der Waals surface area contributed by atoms with Crippen LogP contribution in [0, 0.1) is 5.41 Å². The second kappa shape index (κ2) is 7.19. The van der Waals surface area contributed by atoms with Crippen molar-refractivity contribution in [2.45, 2.75) is 52.1 Å². The van der Waals surface area contributed by atoms with E-state index < -0.39 is 10.0 Å². The van der Waals surface area contributed by atoms with Gasteiger partial charge in [-0.05, 0) is 24.8 Å². The molecule has 0 aliphatic rings. The average Bonchev–Trinajstić information content (AvgIpc) is 2.76. The molecule has 0 aromatic carbocycles. The quantitative estimate of drug-likeness (QED) is 0.637. The maximum Gasteiger partial charge on any atom is 0.257 e. The number of aromatic nitrogens is 2. The number of hydrogen-bond acceptors (Lipinski definition) is 4. The molecule has 0 aliphatic heterocycles. The van der Waals surface area contributed by atoms with Gasteiger partial charge >= 0.3 is 0 Å². The molecule has 3 N–H and O–H groups in total. The van der Waals surface area contributed by atoms with Crippen molar-refractivity contribution < 1.29 is 8.42 Å². The highest BCUT2D eigenvalue weighted by Gasteiger charge is 2.21. The molecule has 6 nitrogen and oxygen atoms in total. The predicted octanol–water partition coefficient (Wildman–Crippen LogP) is 1.62. The topological polar surface area (TPSA) is 86.9 Å². The van der Waals surface area contributed by atoms with Gasteiger partial charge in [0.2, 0.25) is 0 Å². The van der Waals surface area contributed by atoms with Crippen LogP contribution in [0.1, 0.15) is 46.1 Å². The van der Waals surface area contributed by atoms with Crippen molar-refractivity contribution in [3.8, 4) is 0 Å². The molecule has 0 aliphatic carbocycles. The molecule has 7 heteroatoms. The Bertz CT molecular complexity index is 503. The second-order valence-electron chi connectivity index (χ2n) is 6.11. The zero-order chi connectivity index (χ0) is 15.2. The fourth-order valence-corrected chi connectivity index (χ4v) is 2.85. The van der Waals surface area contributed by atoms with Crippen molar-refractivity contribution in [2.24, 2.45) is 5.41 Å². The minimum atomic E-state index is -3.52. The number of rotatable bonds is 8. The third-order valence-corrected chi connectivity index (χ3v) is 4.33. The van der Waals surface area contributed by atoms with Crippen LogP contribution < -0.4 is 10.0 Å². The summed E-state index contributed by atoms with van der Waals surface area (Å²) >= 11 is 0. The summed E-state index contributed by atoms with van der Waals surface area (Å²) in [5, 5.41) is 9.76. The maximum atomic E-state index is 12.2. The van der Waals surface area contributed by atoms with Gasteiger partial charge in [0, 0.05) is 18.7 Å². The molecule has 0 atom stereocenters. The van der Waals surface area contributed by atoms with Gasteiger partial charge in [0.15, 0.2) is 5.03 Å². The number of aromatic amines is 1. The van der Waals surface area contributed by atoms with Gasteiger partial charge in [-0.1, -0.05) is 27.7 Å². The molecule has 0 radical (unpaired) electrons. The summed E-state index contributed by atoms with van der Waals surface area (Å²) in [5.41, 5.74) is 0.767. The molecule has 0 bridgehead atoms. The molecule has 0 saturated carbocycles. The van der Waals surface area contributed by atoms with Crippen LogP contribution in [0.5, 0.6) is 0 Å². The van der Waals surface area contributed by atoms with E-state index in [4.69, 9.17) is 0 Å². The lowest BCUT2D eigenvalue weighted by Crippen LogP contribution is -2.29. The monoisotopic (exact) mass is 302 g/mol. The van der Waals surface area contributed by atoms with Crippen molar-refractivity contribution in [3.05, 3.63) is 11.8 Å². The zero-order valence-corrected chi connectivity index (χ0v) is 13.6. The minimum absolute atomic E-state index is 0.0992. The summed E-state index contributed by atoms with van der Waals surface area (Å²) in [4.78, 5) is 0. The van der Waals surface area contributed by atoms with Crippen LogP contribution >= 0.6 is 0 Å². The smallest absolute Gasteiger partial charge is 0.257 e. The van der Waals surface area contributed by atoms with Crippen molar-refractivity contribution in [2.75, 3.05) is 13.1 Å². The molecule has 0 fully saturated rings. The first kappa shape index (κ1) is 17.1. The highest BCUT2D eigenvalue weighted by atomic mass is 32.2. The van der Waals surface area contributed by atoms with E-state index in [-0.39, 0.29) is 10.4 Å². The molecule has 20 heavy (non-hydrogen) atoms. The third-order valence-electron chi connectivity index (χ3n) is 2.86. The molecular formula is C13H26N4O2S. The Balaban J connectivity index is 2.65. The Morgan fingerprint density at radius 3 is 2.60 bits per heavy atom. The maximum absolute atomic E-state index is 12.2. The Hall–Kier alpha value is -0.920. The van der Waals surface area contributed by atoms with Crippen LogP contribution in [0.2, 0.25) is 0 Å². The first-order chi connectivity index (χ1) is 9.26. The van der Waals surface area contributed by atoms with Gasteiger partial charge in [-0.15, -0.1) is 0 Å². The number of hydrogen-bond donors (Lipinski definition) is 3. The van der Waals surface area contributed by atoms with Gasteiger partial charge in [0.1, 0.15) is 0 Å². The molecule has 0 spiro atoms. The van der Waals surface area contributed by atoms with E-state index in [1.165, 1.54) is 0 Å². The highest BCUT2D eigenvalue weighted by Crippen LogP contribution is 2.18. The average molecular weight is 302 g/mol. The molecule has 0 saturated heterocycles. The van der Waals surface area contributed by atoms with E-state index in [0.717, 1.165) is 19.4 Å². The lowest BCUT2D eigenvalue weighted by Gasteiger charge is -2.18. The van der Waals surface area contributed by atoms with Crippen molar-refractivity contribution >= 4 is 10.0 Å². The minimum Gasteiger partial charge on any atom is -0.313 e. The van der Waals surface area contributed by atoms with Crippen molar-refractivity contribution in [1.82, 2.24) is 20.2 Å². The Morgan fingerprint density at radius 1 is 1.30 bits per heavy atom. The third kappa shape index (κ3) is 5.60. The first-order valence-corrected chi connectivity index (χ1v) is 8.47. The zero-order valence-electron chi connectivity index (χ0n) is 12.8. The van der Waals surface area contributed by atoms with E-state index in [1.807, 2.05) is 0 Å². The van der Waals surface area contributed by atoms with Crippen LogP contribution in [-0.2, 0) is 16.6 Å². The number of nitrogens with one attached hydrogen (secondary N) is 3. The summed E-state index contributed by atoms with van der Waals surface area (Å²) in [6.07, 6.45) is 3.34. The van der Waals surface area contributed by atoms with E-state index in [2.05, 4.69) is 47.9 Å². The SMILES string of the molecule is CCCNCc1cn[nH]c1S(=O)(=O)NCCC(C)(C)C. The van der Waals surface area contributed by atoms with Crippen LogP contribution in [0.3, 0.4) is 0 Å². The Kier molecular flexibility index (Phi) is 6.16. The van der Waals surface area contributed by atoms with Crippen molar-refractivity contribution in [1.29, 1.82) is 0 Å². The van der Waals surface area contributed by atoms with Gasteiger partial charge in [-0.25, -0.2) is 13.1 Å². The number of nitrogens with zero attached hydrogens (tertiary/aromatic N) is 1. The lowest BCUT2D eigenvalue weighted by atomic mass is 9.93. The van der Waals surface area contributed by atoms with Gasteiger partial charge in [-0.2, -0.15) is 5.10 Å². The molecular weight excluding hydrogens is 276 g/mol. The molecule has 0 unspecified atom stereocenters. The Labute approximate surface area is 121 Å². The van der Waals surface area contributed by atoms with E-state index in [9.17, 15) is 8.42 Å². The molecule has 1 rings (SSSR count). The van der Waals surface area contributed by atoms with Crippen LogP contribution in [0.25, 0.3) is 0 Å². The fourth-order valence-electron chi connectivity index (χ4n) is 1.69. The summed E-state index contributed by atoms with van der Waals surface area (Å²) in [7, 11) is -3.52. The fraction of sp³-hybridized carbons (Fsp3) is 0.769. The highest BCUT2D eigenvalue weighted by molar-refractivity contribution is 7.89. The van der Waals surface area contributed by atoms with E-state index >= 15 is 0 Å². The first-order valence-electron chi connectivity index (χ1n) is 6.99. The van der Waals surface area contributed by atoms with Crippen LogP contribution in [0.15, 0.2) is 11.2 Å². The normalized spacial score (nSPS) is 12.8. The Morgan fingerprint density at radius 2 is 2.00 bits per heavy atom. The largest absolute Gasteiger partial charge is 0.313 e. The molecule has 116 valence electrons. The predicted molar refractivity (Wildman–Crippen MR) is 79.8 cm³/mol. The van der Waals surface area contributed by atoms with Gasteiger partial charge < -0.3 is 5.32 Å². The van der Waals surface area contributed by atoms with Crippen LogP contribution in [0.4, 0.5) is 0 Å². The molecule has 1 heterocycles. The second-order valence-corrected chi connectivity index (χ2v) is 7.81. The van der Waals surface area contributed by atoms with Gasteiger partial charge in [0.25, 0.3) is 10.0 Å². The van der Waals surface area contributed by atoms with Gasteiger partial charge in [0.05, 0.1) is 6.20 Å². The molecule has 0 amide bonds. The van der Waals surface area contributed by atoms with Crippen molar-refractivity contribution in [3.63, 3.8) is 0 Å². The van der Waals surface area contributed by atoms with Gasteiger partial charge in [-0.3, -0.25) is 5.10 Å². The number of H-pyrrole nitrogens is 1. The van der Waals surface area contributed by atoms with Crippen LogP contribution in [-0.4, -0.2) is 31.7 Å². The number of sulfonamides is 1. The summed E-state index contributed by atoms with van der Waals surface area (Å²) in [6, 6.07) is 0.